The highest BCUT2D eigenvalue weighted by atomic mass is 14.9. The fourth-order valence-electron chi connectivity index (χ4n) is 3.68. The number of unbranched alkanes of at least 4 members (excludes halogenated alkanes) is 6. The highest BCUT2D eigenvalue weighted by Gasteiger charge is 2.26. The third-order valence-electron chi connectivity index (χ3n) is 4.95. The molecule has 0 radical (unpaired) electrons. The predicted molar refractivity (Wildman–Crippen MR) is 91.1 cm³/mol. The van der Waals surface area contributed by atoms with Crippen LogP contribution in [0.15, 0.2) is 0 Å². The van der Waals surface area contributed by atoms with Crippen LogP contribution in [-0.2, 0) is 0 Å². The number of hydrogen-bond acceptors (Lipinski definition) is 1. The molecular weight excluding hydrogens is 242 g/mol. The van der Waals surface area contributed by atoms with Gasteiger partial charge < -0.3 is 5.32 Å². The normalized spacial score (nSPS) is 22.8. The summed E-state index contributed by atoms with van der Waals surface area (Å²) in [6, 6.07) is 0. The van der Waals surface area contributed by atoms with Gasteiger partial charge in [0.15, 0.2) is 0 Å². The number of hydrogen-bond donors (Lipinski definition) is 1. The van der Waals surface area contributed by atoms with E-state index in [0.717, 1.165) is 17.8 Å². The molecule has 0 saturated heterocycles. The molecule has 0 heterocycles. The molecule has 0 amide bonds. The molecule has 1 rings (SSSR count). The van der Waals surface area contributed by atoms with Crippen LogP contribution in [0.1, 0.15) is 91.4 Å². The monoisotopic (exact) mass is 281 g/mol. The van der Waals surface area contributed by atoms with E-state index in [2.05, 4.69) is 26.1 Å². The van der Waals surface area contributed by atoms with Gasteiger partial charge >= 0.3 is 0 Å². The van der Waals surface area contributed by atoms with Crippen LogP contribution in [0.3, 0.4) is 0 Å². The molecule has 0 aromatic rings. The third kappa shape index (κ3) is 8.29. The van der Waals surface area contributed by atoms with Crippen molar-refractivity contribution >= 4 is 0 Å². The Bertz CT molecular complexity index is 212. The summed E-state index contributed by atoms with van der Waals surface area (Å²) in [7, 11) is 0. The van der Waals surface area contributed by atoms with E-state index in [1.165, 1.54) is 83.7 Å². The van der Waals surface area contributed by atoms with Crippen LogP contribution in [0.25, 0.3) is 0 Å². The molecule has 2 unspecified atom stereocenters. The van der Waals surface area contributed by atoms with Gasteiger partial charge in [-0.2, -0.15) is 0 Å². The van der Waals surface area contributed by atoms with Gasteiger partial charge in [0.25, 0.3) is 0 Å². The molecule has 1 fully saturated rings. The molecule has 1 heteroatoms. The van der Waals surface area contributed by atoms with E-state index in [0.29, 0.717) is 0 Å². The highest BCUT2D eigenvalue weighted by molar-refractivity contribution is 4.79. The van der Waals surface area contributed by atoms with Gasteiger partial charge in [-0.25, -0.2) is 0 Å². The van der Waals surface area contributed by atoms with Crippen molar-refractivity contribution in [2.24, 2.45) is 17.8 Å². The maximum atomic E-state index is 3.68. The van der Waals surface area contributed by atoms with Gasteiger partial charge in [0, 0.05) is 0 Å². The Hall–Kier alpha value is -0.0400. The molecular formula is C19H39N. The summed E-state index contributed by atoms with van der Waals surface area (Å²) in [4.78, 5) is 0. The van der Waals surface area contributed by atoms with Gasteiger partial charge in [0.1, 0.15) is 0 Å². The lowest BCUT2D eigenvalue weighted by Gasteiger charge is -2.20. The van der Waals surface area contributed by atoms with Crippen molar-refractivity contribution in [3.63, 3.8) is 0 Å². The van der Waals surface area contributed by atoms with E-state index in [9.17, 15) is 0 Å². The van der Waals surface area contributed by atoms with Crippen LogP contribution >= 0.6 is 0 Å². The van der Waals surface area contributed by atoms with Crippen molar-refractivity contribution in [1.82, 2.24) is 5.32 Å². The lowest BCUT2D eigenvalue weighted by molar-refractivity contribution is 0.330. The molecule has 1 saturated carbocycles. The van der Waals surface area contributed by atoms with Gasteiger partial charge in [-0.15, -0.1) is 0 Å². The first-order valence-electron chi connectivity index (χ1n) is 9.44. The van der Waals surface area contributed by atoms with Crippen LogP contribution in [0.4, 0.5) is 0 Å². The summed E-state index contributed by atoms with van der Waals surface area (Å²) in [5, 5.41) is 3.68. The highest BCUT2D eigenvalue weighted by Crippen LogP contribution is 2.35. The molecule has 1 N–H and O–H groups in total. The van der Waals surface area contributed by atoms with Crippen molar-refractivity contribution in [3.05, 3.63) is 0 Å². The molecule has 0 aromatic heterocycles. The van der Waals surface area contributed by atoms with E-state index in [4.69, 9.17) is 0 Å². The fraction of sp³-hybridized carbons (Fsp3) is 1.00. The van der Waals surface area contributed by atoms with Crippen LogP contribution in [0, 0.1) is 17.8 Å². The summed E-state index contributed by atoms with van der Waals surface area (Å²) in [5.41, 5.74) is 0. The Morgan fingerprint density at radius 2 is 1.55 bits per heavy atom. The summed E-state index contributed by atoms with van der Waals surface area (Å²) < 4.78 is 0. The zero-order valence-corrected chi connectivity index (χ0v) is 14.4. The smallest absolute Gasteiger partial charge is 0.00178 e. The molecule has 1 aliphatic rings. The standard InChI is InChI=1S/C19H39N/c1-4-5-6-7-8-9-10-12-18-13-11-14-19(18)16-20-15-17(2)3/h17-20H,4-16H2,1-3H3. The first-order chi connectivity index (χ1) is 9.74. The van der Waals surface area contributed by atoms with Gasteiger partial charge in [0.05, 0.1) is 0 Å². The lowest BCUT2D eigenvalue weighted by Crippen LogP contribution is -2.28. The number of rotatable bonds is 12. The summed E-state index contributed by atoms with van der Waals surface area (Å²) in [6.45, 7) is 9.38. The molecule has 20 heavy (non-hydrogen) atoms. The molecule has 2 atom stereocenters. The van der Waals surface area contributed by atoms with Crippen molar-refractivity contribution in [2.75, 3.05) is 13.1 Å². The molecule has 120 valence electrons. The van der Waals surface area contributed by atoms with Gasteiger partial charge in [-0.05, 0) is 37.3 Å². The lowest BCUT2D eigenvalue weighted by atomic mass is 9.90. The van der Waals surface area contributed by atoms with Crippen molar-refractivity contribution in [2.45, 2.75) is 91.4 Å². The third-order valence-corrected chi connectivity index (χ3v) is 4.95. The van der Waals surface area contributed by atoms with E-state index < -0.39 is 0 Å². The van der Waals surface area contributed by atoms with Crippen molar-refractivity contribution in [1.29, 1.82) is 0 Å². The molecule has 0 spiro atoms. The minimum Gasteiger partial charge on any atom is -0.316 e. The quantitative estimate of drug-likeness (QED) is 0.446. The molecule has 0 bridgehead atoms. The average molecular weight is 282 g/mol. The van der Waals surface area contributed by atoms with Crippen LogP contribution in [-0.4, -0.2) is 13.1 Å². The first kappa shape index (κ1) is 18.0. The first-order valence-corrected chi connectivity index (χ1v) is 9.44. The van der Waals surface area contributed by atoms with Crippen molar-refractivity contribution < 1.29 is 0 Å². The van der Waals surface area contributed by atoms with Gasteiger partial charge in [-0.3, -0.25) is 0 Å². The Labute approximate surface area is 128 Å². The summed E-state index contributed by atoms with van der Waals surface area (Å²) >= 11 is 0. The fourth-order valence-corrected chi connectivity index (χ4v) is 3.68. The second kappa shape index (κ2) is 11.6. The van der Waals surface area contributed by atoms with Crippen LogP contribution in [0.5, 0.6) is 0 Å². The van der Waals surface area contributed by atoms with E-state index in [1.54, 1.807) is 0 Å². The Morgan fingerprint density at radius 3 is 2.25 bits per heavy atom. The summed E-state index contributed by atoms with van der Waals surface area (Å²) in [6.07, 6.45) is 16.1. The minimum absolute atomic E-state index is 0.790. The van der Waals surface area contributed by atoms with Crippen LogP contribution in [0.2, 0.25) is 0 Å². The SMILES string of the molecule is CCCCCCCCCC1CCCC1CNCC(C)C. The Morgan fingerprint density at radius 1 is 0.900 bits per heavy atom. The second-order valence-electron chi connectivity index (χ2n) is 7.41. The molecule has 0 aromatic carbocycles. The largest absolute Gasteiger partial charge is 0.316 e. The predicted octanol–water partition coefficient (Wildman–Crippen LogP) is 5.79. The van der Waals surface area contributed by atoms with E-state index in [-0.39, 0.29) is 0 Å². The molecule has 1 aliphatic carbocycles. The average Bonchev–Trinajstić information content (AvgIpc) is 2.85. The summed E-state index contributed by atoms with van der Waals surface area (Å²) in [5.74, 6) is 2.80. The minimum atomic E-state index is 0.790. The zero-order chi connectivity index (χ0) is 14.6. The molecule has 0 aliphatic heterocycles. The van der Waals surface area contributed by atoms with Crippen LogP contribution < -0.4 is 5.32 Å². The van der Waals surface area contributed by atoms with E-state index in [1.807, 2.05) is 0 Å². The van der Waals surface area contributed by atoms with Gasteiger partial charge in [0.2, 0.25) is 0 Å². The Balaban J connectivity index is 2.00. The second-order valence-corrected chi connectivity index (χ2v) is 7.41. The van der Waals surface area contributed by atoms with Crippen molar-refractivity contribution in [3.8, 4) is 0 Å². The maximum Gasteiger partial charge on any atom is -0.00178 e. The Kier molecular flexibility index (Phi) is 10.4. The van der Waals surface area contributed by atoms with Gasteiger partial charge in [-0.1, -0.05) is 85.0 Å². The van der Waals surface area contributed by atoms with E-state index >= 15 is 0 Å². The number of nitrogens with one attached hydrogen (secondary N) is 1. The molecule has 1 nitrogen and oxygen atoms in total. The zero-order valence-electron chi connectivity index (χ0n) is 14.4. The maximum absolute atomic E-state index is 3.68. The topological polar surface area (TPSA) is 12.0 Å².